The van der Waals surface area contributed by atoms with Gasteiger partial charge in [-0.2, -0.15) is 14.5 Å². The second-order valence-corrected chi connectivity index (χ2v) is 3.59. The number of hydrogen-bond donors (Lipinski definition) is 0. The summed E-state index contributed by atoms with van der Waals surface area (Å²) in [6.45, 7) is 2.65. The van der Waals surface area contributed by atoms with E-state index in [1.165, 1.54) is 12.4 Å². The zero-order valence-corrected chi connectivity index (χ0v) is 9.53. The number of aromatic nitrogens is 3. The number of pyridine rings is 1. The molecule has 2 aromatic rings. The maximum atomic E-state index is 13.2. The molecule has 0 fully saturated rings. The second-order valence-electron chi connectivity index (χ2n) is 3.59. The van der Waals surface area contributed by atoms with Crippen LogP contribution in [0.25, 0.3) is 0 Å². The van der Waals surface area contributed by atoms with E-state index < -0.39 is 23.5 Å². The van der Waals surface area contributed by atoms with Gasteiger partial charge in [-0.1, -0.05) is 6.92 Å². The molecule has 96 valence electrons. The minimum atomic E-state index is -1.41. The van der Waals surface area contributed by atoms with Crippen LogP contribution in [0, 0.1) is 17.6 Å². The van der Waals surface area contributed by atoms with Crippen LogP contribution in [0.2, 0.25) is 0 Å². The van der Waals surface area contributed by atoms with Crippen molar-refractivity contribution in [2.75, 3.05) is 0 Å². The van der Waals surface area contributed by atoms with Gasteiger partial charge in [-0.15, -0.1) is 0 Å². The van der Waals surface area contributed by atoms with Gasteiger partial charge < -0.3 is 4.74 Å². The van der Waals surface area contributed by atoms with E-state index in [4.69, 9.17) is 4.74 Å². The third-order valence-corrected chi connectivity index (χ3v) is 2.13. The van der Waals surface area contributed by atoms with Crippen LogP contribution in [-0.2, 0) is 6.54 Å². The number of nitrogens with zero attached hydrogens (tertiary/aromatic N) is 3. The first-order chi connectivity index (χ1) is 8.60. The maximum absolute atomic E-state index is 13.2. The summed E-state index contributed by atoms with van der Waals surface area (Å²) in [5.41, 5.74) is 0. The largest absolute Gasteiger partial charge is 0.433 e. The van der Waals surface area contributed by atoms with Crippen LogP contribution in [0.3, 0.4) is 0 Å². The number of aryl methyl sites for hydroxylation is 1. The summed E-state index contributed by atoms with van der Waals surface area (Å²) in [6.07, 6.45) is 3.74. The van der Waals surface area contributed by atoms with E-state index in [0.717, 1.165) is 6.42 Å². The predicted molar refractivity (Wildman–Crippen MR) is 56.7 cm³/mol. The van der Waals surface area contributed by atoms with Crippen LogP contribution in [0.1, 0.15) is 13.3 Å². The number of halogens is 3. The molecule has 0 bridgehead atoms. The molecule has 0 radical (unpaired) electrons. The van der Waals surface area contributed by atoms with Gasteiger partial charge in [-0.05, 0) is 6.42 Å². The Kier molecular flexibility index (Phi) is 3.50. The molecule has 0 aliphatic heterocycles. The van der Waals surface area contributed by atoms with Gasteiger partial charge in [0.1, 0.15) is 0 Å². The topological polar surface area (TPSA) is 39.9 Å². The first kappa shape index (κ1) is 12.4. The molecule has 0 atom stereocenters. The molecule has 4 nitrogen and oxygen atoms in total. The third-order valence-electron chi connectivity index (χ3n) is 2.13. The van der Waals surface area contributed by atoms with Gasteiger partial charge in [0.25, 0.3) is 11.8 Å². The highest BCUT2D eigenvalue weighted by atomic mass is 19.2. The highest BCUT2D eigenvalue weighted by molar-refractivity contribution is 5.23. The smallest absolute Gasteiger partial charge is 0.258 e. The van der Waals surface area contributed by atoms with Crippen molar-refractivity contribution in [2.24, 2.45) is 0 Å². The molecule has 0 aliphatic rings. The third kappa shape index (κ3) is 2.61. The lowest BCUT2D eigenvalue weighted by atomic mass is 10.4. The van der Waals surface area contributed by atoms with Crippen molar-refractivity contribution in [3.63, 3.8) is 0 Å². The van der Waals surface area contributed by atoms with Gasteiger partial charge in [0, 0.05) is 12.6 Å². The summed E-state index contributed by atoms with van der Waals surface area (Å²) in [7, 11) is 0. The molecule has 7 heteroatoms. The van der Waals surface area contributed by atoms with Crippen molar-refractivity contribution in [2.45, 2.75) is 19.9 Å². The molecule has 0 N–H and O–H groups in total. The summed E-state index contributed by atoms with van der Waals surface area (Å²) < 4.78 is 45.3. The van der Waals surface area contributed by atoms with Gasteiger partial charge >= 0.3 is 0 Å². The van der Waals surface area contributed by atoms with E-state index in [1.807, 2.05) is 6.92 Å². The number of ether oxygens (including phenoxy) is 1. The standard InChI is InChI=1S/C11H10F3N3O/c1-2-3-17-6-7(5-15-17)18-11-9(13)4-8(12)10(14)16-11/h4-6H,2-3H2,1H3. The SMILES string of the molecule is CCCn1cc(Oc2nc(F)c(F)cc2F)cn1. The highest BCUT2D eigenvalue weighted by Crippen LogP contribution is 2.23. The quantitative estimate of drug-likeness (QED) is 0.791. The maximum Gasteiger partial charge on any atom is 0.258 e. The Morgan fingerprint density at radius 1 is 1.28 bits per heavy atom. The molecule has 0 unspecified atom stereocenters. The second kappa shape index (κ2) is 5.07. The van der Waals surface area contributed by atoms with Crippen LogP contribution in [0.4, 0.5) is 13.2 Å². The molecule has 2 aromatic heterocycles. The molecular weight excluding hydrogens is 247 g/mol. The number of hydrogen-bond acceptors (Lipinski definition) is 3. The fourth-order valence-electron chi connectivity index (χ4n) is 1.36. The molecular formula is C11H10F3N3O. The molecule has 18 heavy (non-hydrogen) atoms. The van der Waals surface area contributed by atoms with Crippen LogP contribution < -0.4 is 4.74 Å². The molecule has 0 aromatic carbocycles. The lowest BCUT2D eigenvalue weighted by Gasteiger charge is -2.03. The zero-order valence-electron chi connectivity index (χ0n) is 9.53. The van der Waals surface area contributed by atoms with E-state index >= 15 is 0 Å². The lowest BCUT2D eigenvalue weighted by molar-refractivity contribution is 0.386. The molecule has 0 aliphatic carbocycles. The fraction of sp³-hybridized carbons (Fsp3) is 0.273. The van der Waals surface area contributed by atoms with Gasteiger partial charge in [0.15, 0.2) is 17.4 Å². The first-order valence-corrected chi connectivity index (χ1v) is 5.32. The summed E-state index contributed by atoms with van der Waals surface area (Å²) in [5, 5.41) is 3.95. The van der Waals surface area contributed by atoms with Crippen molar-refractivity contribution in [1.29, 1.82) is 0 Å². The van der Waals surface area contributed by atoms with Gasteiger partial charge in [-0.3, -0.25) is 4.68 Å². The molecule has 0 spiro atoms. The van der Waals surface area contributed by atoms with Crippen LogP contribution in [-0.4, -0.2) is 14.8 Å². The van der Waals surface area contributed by atoms with Crippen molar-refractivity contribution >= 4 is 0 Å². The molecule has 0 amide bonds. The Labute approximate surface area is 101 Å². The normalized spacial score (nSPS) is 10.7. The van der Waals surface area contributed by atoms with Crippen molar-refractivity contribution in [1.82, 2.24) is 14.8 Å². The molecule has 2 rings (SSSR count). The summed E-state index contributed by atoms with van der Waals surface area (Å²) in [5.74, 6) is -4.25. The Balaban J connectivity index is 2.20. The van der Waals surface area contributed by atoms with Crippen LogP contribution >= 0.6 is 0 Å². The van der Waals surface area contributed by atoms with Crippen molar-refractivity contribution in [3.8, 4) is 11.6 Å². The number of rotatable bonds is 4. The average Bonchev–Trinajstić information content (AvgIpc) is 2.74. The lowest BCUT2D eigenvalue weighted by Crippen LogP contribution is -1.98. The summed E-state index contributed by atoms with van der Waals surface area (Å²) in [4.78, 5) is 3.05. The highest BCUT2D eigenvalue weighted by Gasteiger charge is 2.14. The van der Waals surface area contributed by atoms with Crippen molar-refractivity contribution in [3.05, 3.63) is 36.0 Å². The Hall–Kier alpha value is -2.05. The Morgan fingerprint density at radius 2 is 2.06 bits per heavy atom. The van der Waals surface area contributed by atoms with E-state index in [0.29, 0.717) is 12.6 Å². The molecule has 0 saturated heterocycles. The minimum Gasteiger partial charge on any atom is -0.433 e. The monoisotopic (exact) mass is 257 g/mol. The van der Waals surface area contributed by atoms with Gasteiger partial charge in [0.2, 0.25) is 0 Å². The first-order valence-electron chi connectivity index (χ1n) is 5.32. The van der Waals surface area contributed by atoms with Crippen LogP contribution in [0.5, 0.6) is 11.6 Å². The van der Waals surface area contributed by atoms with E-state index in [9.17, 15) is 13.2 Å². The fourth-order valence-corrected chi connectivity index (χ4v) is 1.36. The van der Waals surface area contributed by atoms with Gasteiger partial charge in [0.05, 0.1) is 12.4 Å². The molecule has 2 heterocycles. The van der Waals surface area contributed by atoms with Crippen LogP contribution in [0.15, 0.2) is 18.5 Å². The average molecular weight is 257 g/mol. The Morgan fingerprint density at radius 3 is 2.78 bits per heavy atom. The zero-order chi connectivity index (χ0) is 13.1. The van der Waals surface area contributed by atoms with E-state index in [1.54, 1.807) is 4.68 Å². The summed E-state index contributed by atoms with van der Waals surface area (Å²) in [6, 6.07) is 0.383. The van der Waals surface area contributed by atoms with Gasteiger partial charge in [-0.25, -0.2) is 8.78 Å². The predicted octanol–water partition coefficient (Wildman–Crippen LogP) is 2.90. The Bertz CT molecular complexity index is 556. The summed E-state index contributed by atoms with van der Waals surface area (Å²) >= 11 is 0. The van der Waals surface area contributed by atoms with E-state index in [-0.39, 0.29) is 5.75 Å². The van der Waals surface area contributed by atoms with Crippen molar-refractivity contribution < 1.29 is 17.9 Å². The molecule has 0 saturated carbocycles. The van der Waals surface area contributed by atoms with E-state index in [2.05, 4.69) is 10.1 Å². The minimum absolute atomic E-state index is 0.209.